The number of nitrogens with zero attached hydrogens (tertiary/aromatic N) is 7. The van der Waals surface area contributed by atoms with E-state index in [0.717, 1.165) is 22.1 Å². The molecule has 0 spiro atoms. The molecular formula is C43H49ClF2N8O4. The molecule has 15 heteroatoms. The molecule has 4 aliphatic heterocycles. The van der Waals surface area contributed by atoms with E-state index in [4.69, 9.17) is 22.6 Å². The van der Waals surface area contributed by atoms with E-state index in [2.05, 4.69) is 34.8 Å². The lowest BCUT2D eigenvalue weighted by molar-refractivity contribution is -0.136. The normalized spacial score (nSPS) is 27.3. The Morgan fingerprint density at radius 2 is 1.22 bits per heavy atom. The first kappa shape index (κ1) is 42.8. The predicted octanol–water partition coefficient (Wildman–Crippen LogP) is 6.56. The number of ether oxygens (including phenoxy) is 2. The largest absolute Gasteiger partial charge is 0.365 e. The highest BCUT2D eigenvalue weighted by Crippen LogP contribution is 2.36. The Kier molecular flexibility index (Phi) is 13.9. The quantitative estimate of drug-likeness (QED) is 0.197. The van der Waals surface area contributed by atoms with Crippen molar-refractivity contribution in [2.45, 2.75) is 63.4 Å². The van der Waals surface area contributed by atoms with E-state index >= 15 is 0 Å². The number of hydrogen-bond donors (Lipinski definition) is 1. The van der Waals surface area contributed by atoms with Gasteiger partial charge in [-0.05, 0) is 45.2 Å². The average molecular weight is 815 g/mol. The zero-order chi connectivity index (χ0) is 40.2. The summed E-state index contributed by atoms with van der Waals surface area (Å²) < 4.78 is 39.9. The first-order chi connectivity index (χ1) is 27.5. The highest BCUT2D eigenvalue weighted by Gasteiger charge is 2.38. The number of morpholine rings is 2. The number of Topliss-reactive ketones (excluding diaryl/α,β-unsaturated/α-hetero) is 2. The number of anilines is 2. The fourth-order valence-corrected chi connectivity index (χ4v) is 8.58. The Hall–Kier alpha value is -4.83. The average Bonchev–Trinajstić information content (AvgIpc) is 3.77. The maximum Gasteiger partial charge on any atom is 0.213 e. The number of alkyl halides is 2. The van der Waals surface area contributed by atoms with Crippen molar-refractivity contribution in [3.63, 3.8) is 0 Å². The minimum Gasteiger partial charge on any atom is -0.365 e. The Morgan fingerprint density at radius 1 is 0.724 bits per heavy atom. The molecule has 0 saturated carbocycles. The Balaban J connectivity index is 0.000000192. The third kappa shape index (κ3) is 9.38. The molecule has 0 aliphatic carbocycles. The molecule has 6 heterocycles. The van der Waals surface area contributed by atoms with Gasteiger partial charge in [-0.15, -0.1) is 12.4 Å². The summed E-state index contributed by atoms with van der Waals surface area (Å²) in [6.45, 7) is 22.6. The van der Waals surface area contributed by atoms with Gasteiger partial charge in [0.25, 0.3) is 0 Å². The van der Waals surface area contributed by atoms with Crippen molar-refractivity contribution in [1.29, 1.82) is 0 Å². The molecule has 0 amide bonds. The van der Waals surface area contributed by atoms with Gasteiger partial charge in [0.1, 0.15) is 24.6 Å². The van der Waals surface area contributed by atoms with E-state index in [9.17, 15) is 18.4 Å². The van der Waals surface area contributed by atoms with Crippen LogP contribution in [-0.2, 0) is 19.1 Å². The van der Waals surface area contributed by atoms with Gasteiger partial charge in [-0.25, -0.2) is 18.5 Å². The number of carbonyl (C=O) groups excluding carboxylic acids is 2. The first-order valence-corrected chi connectivity index (χ1v) is 19.6. The number of carbonyl (C=O) groups is 2. The number of aromatic nitrogens is 2. The van der Waals surface area contributed by atoms with Crippen molar-refractivity contribution in [2.75, 3.05) is 69.2 Å². The maximum atomic E-state index is 14.2. The van der Waals surface area contributed by atoms with Crippen LogP contribution in [0.5, 0.6) is 0 Å². The summed E-state index contributed by atoms with van der Waals surface area (Å²) in [4.78, 5) is 47.7. The zero-order valence-electron chi connectivity index (χ0n) is 32.9. The molecule has 58 heavy (non-hydrogen) atoms. The van der Waals surface area contributed by atoms with E-state index < -0.39 is 24.6 Å². The van der Waals surface area contributed by atoms with E-state index in [1.165, 1.54) is 0 Å². The topological polar surface area (TPSA) is 109 Å². The number of rotatable bonds is 8. The summed E-state index contributed by atoms with van der Waals surface area (Å²) in [5.74, 6) is -0.618. The molecule has 4 saturated heterocycles. The van der Waals surface area contributed by atoms with E-state index in [-0.39, 0.29) is 60.9 Å². The molecule has 306 valence electrons. The van der Waals surface area contributed by atoms with Gasteiger partial charge in [0.2, 0.25) is 11.4 Å². The standard InChI is InChI=1S/C22H25FN4O2.C21H23FN4O2.ClH/c1-14-10-27(19-7-6-18(24-2)22-16(19)5-4-8-25-22)13-21(29-14)20(28)9-15-11-26(3)12-17(15)23;1-13-11-26(12-20(28-13)19(27)8-14-9-24-10-16(14)22)18-6-5-17(23-2)21-15(18)4-3-7-25-21;/h4-8,14-15,17,21H,9-13H2,1,3H3;3-7,13-14,16,20,24H,8-12H2,1H3;1H/t14-,15-,17+,21-;13-,14-,16+,20-;/m11./s1. The van der Waals surface area contributed by atoms with Crippen LogP contribution in [0.1, 0.15) is 26.7 Å². The number of likely N-dealkylation sites (tertiary alicyclic amines) is 1. The fourth-order valence-electron chi connectivity index (χ4n) is 8.58. The molecule has 1 N–H and O–H groups in total. The van der Waals surface area contributed by atoms with Crippen LogP contribution in [0.15, 0.2) is 60.9 Å². The molecule has 8 rings (SSSR count). The van der Waals surface area contributed by atoms with Crippen LogP contribution in [0.2, 0.25) is 0 Å². The van der Waals surface area contributed by atoms with Crippen molar-refractivity contribution in [3.05, 3.63) is 83.8 Å². The minimum absolute atomic E-state index is 0. The predicted molar refractivity (Wildman–Crippen MR) is 223 cm³/mol. The Bertz CT molecular complexity index is 2200. The highest BCUT2D eigenvalue weighted by molar-refractivity contribution is 6.01. The number of nitrogens with one attached hydrogen (secondary N) is 1. The molecule has 0 unspecified atom stereocenters. The lowest BCUT2D eigenvalue weighted by Gasteiger charge is -2.38. The van der Waals surface area contributed by atoms with Crippen molar-refractivity contribution in [2.24, 2.45) is 11.8 Å². The van der Waals surface area contributed by atoms with Crippen molar-refractivity contribution < 1.29 is 27.8 Å². The number of fused-ring (bicyclic) bond motifs is 2. The van der Waals surface area contributed by atoms with Crippen LogP contribution >= 0.6 is 12.4 Å². The summed E-state index contributed by atoms with van der Waals surface area (Å²) in [5, 5.41) is 4.78. The third-order valence-corrected chi connectivity index (χ3v) is 11.3. The summed E-state index contributed by atoms with van der Waals surface area (Å²) in [5.41, 5.74) is 4.23. The molecule has 8 atom stereocenters. The van der Waals surface area contributed by atoms with E-state index in [1.54, 1.807) is 24.5 Å². The molecule has 12 nitrogen and oxygen atoms in total. The van der Waals surface area contributed by atoms with Gasteiger partial charge in [0, 0.05) is 98.5 Å². The van der Waals surface area contributed by atoms with Crippen molar-refractivity contribution in [3.8, 4) is 0 Å². The van der Waals surface area contributed by atoms with Crippen LogP contribution in [-0.4, -0.2) is 123 Å². The number of pyridine rings is 2. The number of ketones is 2. The van der Waals surface area contributed by atoms with Crippen LogP contribution in [0.3, 0.4) is 0 Å². The van der Waals surface area contributed by atoms with Crippen LogP contribution in [0.4, 0.5) is 31.5 Å². The summed E-state index contributed by atoms with van der Waals surface area (Å²) >= 11 is 0. The molecule has 2 aromatic heterocycles. The number of hydrogen-bond acceptors (Lipinski definition) is 10. The summed E-state index contributed by atoms with van der Waals surface area (Å²) in [6.07, 6.45) is 0.408. The summed E-state index contributed by atoms with van der Waals surface area (Å²) in [6, 6.07) is 15.0. The van der Waals surface area contributed by atoms with Gasteiger partial charge in [0.15, 0.2) is 11.6 Å². The second-order valence-corrected chi connectivity index (χ2v) is 15.7. The van der Waals surface area contributed by atoms with Gasteiger partial charge in [0.05, 0.1) is 49.5 Å². The molecule has 2 aromatic carbocycles. The van der Waals surface area contributed by atoms with Crippen LogP contribution < -0.4 is 15.1 Å². The smallest absolute Gasteiger partial charge is 0.213 e. The lowest BCUT2D eigenvalue weighted by atomic mass is 9.96. The van der Waals surface area contributed by atoms with Crippen molar-refractivity contribution >= 4 is 68.5 Å². The third-order valence-electron chi connectivity index (χ3n) is 11.3. The van der Waals surface area contributed by atoms with E-state index in [0.29, 0.717) is 74.8 Å². The number of halogens is 3. The second kappa shape index (κ2) is 18.8. The minimum atomic E-state index is -0.975. The monoisotopic (exact) mass is 814 g/mol. The van der Waals surface area contributed by atoms with Gasteiger partial charge < -0.3 is 29.5 Å². The van der Waals surface area contributed by atoms with Gasteiger partial charge in [-0.1, -0.05) is 24.3 Å². The number of benzene rings is 2. The lowest BCUT2D eigenvalue weighted by Crippen LogP contribution is -2.50. The maximum absolute atomic E-state index is 14.2. The van der Waals surface area contributed by atoms with Gasteiger partial charge in [-0.3, -0.25) is 19.6 Å². The molecule has 0 radical (unpaired) electrons. The van der Waals surface area contributed by atoms with Crippen LogP contribution in [0.25, 0.3) is 31.5 Å². The fraction of sp³-hybridized carbons (Fsp3) is 0.488. The summed E-state index contributed by atoms with van der Waals surface area (Å²) in [7, 11) is 1.88. The highest BCUT2D eigenvalue weighted by atomic mass is 35.5. The zero-order valence-corrected chi connectivity index (χ0v) is 33.7. The SMILES string of the molecule is Cl.[C-]#[N+]c1ccc(N2C[C@@H](C)O[C@@H](C(=O)C[C@@H]3CN(C)C[C@@H]3F)C2)c2cccnc12.[C-]#[N+]c1ccc(N2C[C@@H](C)O[C@@H](C(=O)C[C@@H]3CNC[C@@H]3F)C2)c2cccnc12. The second-order valence-electron chi connectivity index (χ2n) is 15.7. The van der Waals surface area contributed by atoms with Crippen LogP contribution in [0, 0.1) is 25.0 Å². The van der Waals surface area contributed by atoms with Gasteiger partial charge in [-0.2, -0.15) is 0 Å². The molecule has 0 bridgehead atoms. The molecule has 4 aromatic rings. The Morgan fingerprint density at radius 3 is 1.66 bits per heavy atom. The Labute approximate surface area is 343 Å². The molecular weight excluding hydrogens is 766 g/mol. The molecule has 4 aliphatic rings. The van der Waals surface area contributed by atoms with E-state index in [1.807, 2.05) is 62.2 Å². The molecule has 4 fully saturated rings. The first-order valence-electron chi connectivity index (χ1n) is 19.6. The van der Waals surface area contributed by atoms with Crippen molar-refractivity contribution in [1.82, 2.24) is 20.2 Å². The van der Waals surface area contributed by atoms with Gasteiger partial charge >= 0.3 is 0 Å².